The van der Waals surface area contributed by atoms with Crippen LogP contribution >= 0.6 is 31.9 Å². The number of aromatic nitrogens is 5. The molecule has 142 valence electrons. The summed E-state index contributed by atoms with van der Waals surface area (Å²) < 4.78 is 18.0. The average molecular weight is 508 g/mol. The number of nitrogens with one attached hydrogen (secondary N) is 1. The fraction of sp³-hybridized carbons (Fsp3) is 0.111. The molecule has 0 aliphatic rings. The van der Waals surface area contributed by atoms with Crippen molar-refractivity contribution < 1.29 is 9.18 Å². The minimum absolute atomic E-state index is 0.189. The Morgan fingerprint density at radius 2 is 2.00 bits per heavy atom. The molecule has 4 aromatic rings. The van der Waals surface area contributed by atoms with Gasteiger partial charge in [-0.15, -0.1) is 0 Å². The van der Waals surface area contributed by atoms with Crippen molar-refractivity contribution in [2.24, 2.45) is 0 Å². The lowest BCUT2D eigenvalue weighted by molar-refractivity contribution is 0.102. The van der Waals surface area contributed by atoms with Crippen LogP contribution in [0.5, 0.6) is 0 Å². The summed E-state index contributed by atoms with van der Waals surface area (Å²) in [4.78, 5) is 17.0. The lowest BCUT2D eigenvalue weighted by Gasteiger charge is -2.03. The number of carbonyl (C=O) groups excluding carboxylic acids is 1. The maximum Gasteiger partial charge on any atom is 0.278 e. The van der Waals surface area contributed by atoms with Crippen molar-refractivity contribution in [2.75, 3.05) is 5.32 Å². The zero-order valence-electron chi connectivity index (χ0n) is 14.5. The number of fused-ring (bicyclic) bond motifs is 1. The molecule has 1 amide bonds. The second-order valence-electron chi connectivity index (χ2n) is 6.13. The van der Waals surface area contributed by atoms with Crippen molar-refractivity contribution in [2.45, 2.75) is 13.5 Å². The molecule has 0 bridgehead atoms. The second-order valence-corrected chi connectivity index (χ2v) is 7.78. The molecule has 7 nitrogen and oxygen atoms in total. The molecule has 10 heteroatoms. The Morgan fingerprint density at radius 1 is 1.21 bits per heavy atom. The standard InChI is InChI=1S/C18H13Br2FN6O/c1-10-6-22-17-14(20)15(24-27(17)7-10)18(28)23-16-12(19)9-26(25-16)8-11-4-2-3-5-13(11)21/h2-7,9H,8H2,1H3,(H,23,25,28). The zero-order valence-corrected chi connectivity index (χ0v) is 17.7. The summed E-state index contributed by atoms with van der Waals surface area (Å²) in [5.41, 5.74) is 2.15. The summed E-state index contributed by atoms with van der Waals surface area (Å²) in [7, 11) is 0. The van der Waals surface area contributed by atoms with Gasteiger partial charge in [0.1, 0.15) is 5.82 Å². The summed E-state index contributed by atoms with van der Waals surface area (Å²) in [6.07, 6.45) is 5.15. The molecular weight excluding hydrogens is 495 g/mol. The maximum atomic E-state index is 13.8. The molecule has 1 aromatic carbocycles. The van der Waals surface area contributed by atoms with Crippen LogP contribution in [0, 0.1) is 12.7 Å². The van der Waals surface area contributed by atoms with E-state index in [0.29, 0.717) is 26.0 Å². The minimum Gasteiger partial charge on any atom is -0.303 e. The summed E-state index contributed by atoms with van der Waals surface area (Å²) in [6.45, 7) is 2.13. The van der Waals surface area contributed by atoms with Crippen LogP contribution < -0.4 is 5.32 Å². The highest BCUT2D eigenvalue weighted by Gasteiger charge is 2.21. The molecule has 3 aromatic heterocycles. The molecule has 0 aliphatic carbocycles. The van der Waals surface area contributed by atoms with Crippen molar-refractivity contribution >= 4 is 49.2 Å². The molecule has 28 heavy (non-hydrogen) atoms. The summed E-state index contributed by atoms with van der Waals surface area (Å²) >= 11 is 6.75. The van der Waals surface area contributed by atoms with E-state index in [1.165, 1.54) is 6.07 Å². The van der Waals surface area contributed by atoms with Crippen molar-refractivity contribution in [1.29, 1.82) is 0 Å². The number of amides is 1. The Hall–Kier alpha value is -2.59. The number of anilines is 1. The van der Waals surface area contributed by atoms with Gasteiger partial charge in [0.15, 0.2) is 17.2 Å². The number of hydrogen-bond acceptors (Lipinski definition) is 4. The number of carbonyl (C=O) groups is 1. The van der Waals surface area contributed by atoms with Crippen LogP contribution in [0.4, 0.5) is 10.2 Å². The van der Waals surface area contributed by atoms with E-state index in [2.05, 4.69) is 52.4 Å². The van der Waals surface area contributed by atoms with E-state index in [-0.39, 0.29) is 18.1 Å². The van der Waals surface area contributed by atoms with E-state index in [1.54, 1.807) is 46.0 Å². The van der Waals surface area contributed by atoms with Gasteiger partial charge >= 0.3 is 0 Å². The summed E-state index contributed by atoms with van der Waals surface area (Å²) in [6, 6.07) is 6.47. The second kappa shape index (κ2) is 7.44. The van der Waals surface area contributed by atoms with Gasteiger partial charge in [-0.3, -0.25) is 9.48 Å². The van der Waals surface area contributed by atoms with E-state index in [4.69, 9.17) is 0 Å². The van der Waals surface area contributed by atoms with Crippen LogP contribution in [-0.4, -0.2) is 30.3 Å². The highest BCUT2D eigenvalue weighted by atomic mass is 79.9. The Bertz CT molecular complexity index is 1200. The van der Waals surface area contributed by atoms with Crippen molar-refractivity contribution in [1.82, 2.24) is 24.4 Å². The van der Waals surface area contributed by atoms with Gasteiger partial charge in [-0.2, -0.15) is 10.2 Å². The molecule has 0 spiro atoms. The molecule has 0 aliphatic heterocycles. The fourth-order valence-corrected chi connectivity index (χ4v) is 3.63. The van der Waals surface area contributed by atoms with Crippen LogP contribution in [0.2, 0.25) is 0 Å². The van der Waals surface area contributed by atoms with Gasteiger partial charge in [-0.1, -0.05) is 18.2 Å². The first-order valence-electron chi connectivity index (χ1n) is 8.20. The Kier molecular flexibility index (Phi) is 4.98. The maximum absolute atomic E-state index is 13.8. The van der Waals surface area contributed by atoms with E-state index in [1.807, 2.05) is 6.92 Å². The first kappa shape index (κ1) is 18.8. The minimum atomic E-state index is -0.438. The van der Waals surface area contributed by atoms with Crippen LogP contribution in [0.25, 0.3) is 5.65 Å². The van der Waals surface area contributed by atoms with Gasteiger partial charge in [0.05, 0.1) is 15.5 Å². The first-order chi connectivity index (χ1) is 13.4. The Balaban J connectivity index is 1.58. The molecule has 3 heterocycles. The number of benzene rings is 1. The monoisotopic (exact) mass is 506 g/mol. The number of rotatable bonds is 4. The first-order valence-corrected chi connectivity index (χ1v) is 9.79. The third kappa shape index (κ3) is 3.57. The SMILES string of the molecule is Cc1cnc2c(Br)c(C(=O)Nc3nn(Cc4ccccc4F)cc3Br)nn2c1. The molecule has 4 rings (SSSR count). The lowest BCUT2D eigenvalue weighted by Crippen LogP contribution is -2.14. The van der Waals surface area contributed by atoms with Crippen LogP contribution in [0.1, 0.15) is 21.6 Å². The van der Waals surface area contributed by atoms with Gasteiger partial charge in [-0.25, -0.2) is 13.9 Å². The highest BCUT2D eigenvalue weighted by Crippen LogP contribution is 2.25. The molecule has 0 radical (unpaired) electrons. The normalized spacial score (nSPS) is 11.1. The smallest absolute Gasteiger partial charge is 0.278 e. The number of hydrogen-bond donors (Lipinski definition) is 1. The van der Waals surface area contributed by atoms with Gasteiger partial charge in [0.25, 0.3) is 5.91 Å². The van der Waals surface area contributed by atoms with E-state index in [9.17, 15) is 9.18 Å². The van der Waals surface area contributed by atoms with Crippen LogP contribution in [-0.2, 0) is 6.54 Å². The number of halogens is 3. The van der Waals surface area contributed by atoms with Crippen molar-refractivity contribution in [3.63, 3.8) is 0 Å². The Morgan fingerprint density at radius 3 is 2.79 bits per heavy atom. The molecule has 0 saturated carbocycles. The van der Waals surface area contributed by atoms with Crippen molar-refractivity contribution in [3.05, 3.63) is 74.4 Å². The van der Waals surface area contributed by atoms with Gasteiger partial charge < -0.3 is 5.32 Å². The fourth-order valence-electron chi connectivity index (χ4n) is 2.68. The predicted molar refractivity (Wildman–Crippen MR) is 109 cm³/mol. The van der Waals surface area contributed by atoms with E-state index < -0.39 is 5.91 Å². The van der Waals surface area contributed by atoms with Gasteiger partial charge in [-0.05, 0) is 50.4 Å². The Labute approximate surface area is 175 Å². The largest absolute Gasteiger partial charge is 0.303 e. The predicted octanol–water partition coefficient (Wildman–Crippen LogP) is 4.20. The van der Waals surface area contributed by atoms with Crippen LogP contribution in [0.3, 0.4) is 0 Å². The van der Waals surface area contributed by atoms with E-state index >= 15 is 0 Å². The quantitative estimate of drug-likeness (QED) is 0.449. The lowest BCUT2D eigenvalue weighted by atomic mass is 10.2. The van der Waals surface area contributed by atoms with Crippen molar-refractivity contribution in [3.8, 4) is 0 Å². The average Bonchev–Trinajstić information content (AvgIpc) is 3.16. The summed E-state index contributed by atoms with van der Waals surface area (Å²) in [5, 5.41) is 11.3. The molecular formula is C18H13Br2FN6O. The third-order valence-electron chi connectivity index (χ3n) is 4.00. The summed E-state index contributed by atoms with van der Waals surface area (Å²) in [5.74, 6) is -0.433. The van der Waals surface area contributed by atoms with E-state index in [0.717, 1.165) is 5.56 Å². The number of aryl methyl sites for hydroxylation is 1. The highest BCUT2D eigenvalue weighted by molar-refractivity contribution is 9.11. The number of nitrogens with zero attached hydrogens (tertiary/aromatic N) is 5. The molecule has 0 unspecified atom stereocenters. The third-order valence-corrected chi connectivity index (χ3v) is 5.31. The molecule has 0 atom stereocenters. The van der Waals surface area contributed by atoms with Gasteiger partial charge in [0.2, 0.25) is 0 Å². The molecule has 0 fully saturated rings. The topological polar surface area (TPSA) is 77.1 Å². The van der Waals surface area contributed by atoms with Crippen LogP contribution in [0.15, 0.2) is 51.8 Å². The zero-order chi connectivity index (χ0) is 19.8. The molecule has 1 N–H and O–H groups in total. The van der Waals surface area contributed by atoms with Gasteiger partial charge in [0, 0.05) is 24.2 Å². The molecule has 0 saturated heterocycles.